The second-order valence-electron chi connectivity index (χ2n) is 8.02. The Bertz CT molecular complexity index is 867. The normalized spacial score (nSPS) is 16.4. The average Bonchev–Trinajstić information content (AvgIpc) is 3.26. The van der Waals surface area contributed by atoms with Crippen molar-refractivity contribution in [2.75, 3.05) is 44.2 Å². The Labute approximate surface area is 184 Å². The van der Waals surface area contributed by atoms with Crippen molar-refractivity contribution in [1.82, 2.24) is 20.1 Å². The van der Waals surface area contributed by atoms with Gasteiger partial charge in [0.05, 0.1) is 0 Å². The van der Waals surface area contributed by atoms with Gasteiger partial charge in [0.1, 0.15) is 5.82 Å². The average molecular weight is 421 g/mol. The number of fused-ring (bicyclic) bond motifs is 1. The summed E-state index contributed by atoms with van der Waals surface area (Å²) in [6.45, 7) is 8.74. The van der Waals surface area contributed by atoms with Crippen LogP contribution in [0.2, 0.25) is 0 Å². The van der Waals surface area contributed by atoms with Crippen LogP contribution in [-0.4, -0.2) is 65.9 Å². The molecule has 7 heteroatoms. The number of aliphatic imine (C=N–C) groups is 1. The van der Waals surface area contributed by atoms with Gasteiger partial charge in [-0.15, -0.1) is 0 Å². The van der Waals surface area contributed by atoms with E-state index < -0.39 is 0 Å². The Morgan fingerprint density at radius 3 is 2.35 bits per heavy atom. The predicted octanol–water partition coefficient (Wildman–Crippen LogP) is 2.49. The van der Waals surface area contributed by atoms with Crippen molar-refractivity contribution >= 4 is 17.7 Å². The van der Waals surface area contributed by atoms with E-state index in [1.54, 1.807) is 0 Å². The highest BCUT2D eigenvalue weighted by Crippen LogP contribution is 2.23. The highest BCUT2D eigenvalue weighted by atomic mass is 16.2. The van der Waals surface area contributed by atoms with Gasteiger partial charge in [0.15, 0.2) is 5.96 Å². The van der Waals surface area contributed by atoms with Crippen molar-refractivity contribution in [3.05, 3.63) is 59.8 Å². The summed E-state index contributed by atoms with van der Waals surface area (Å²) in [5.74, 6) is 2.20. The molecule has 0 atom stereocenters. The number of guanidine groups is 1. The van der Waals surface area contributed by atoms with Crippen LogP contribution < -0.4 is 10.2 Å². The number of carbonyl (C=O) groups is 1. The van der Waals surface area contributed by atoms with E-state index >= 15 is 0 Å². The monoisotopic (exact) mass is 420 g/mol. The third-order valence-corrected chi connectivity index (χ3v) is 5.89. The molecule has 0 spiro atoms. The molecule has 0 unspecified atom stereocenters. The van der Waals surface area contributed by atoms with Crippen molar-refractivity contribution in [2.24, 2.45) is 4.99 Å². The molecule has 1 aromatic heterocycles. The lowest BCUT2D eigenvalue weighted by Crippen LogP contribution is -2.52. The molecule has 1 amide bonds. The lowest BCUT2D eigenvalue weighted by Gasteiger charge is -2.37. The molecule has 7 nitrogen and oxygen atoms in total. The van der Waals surface area contributed by atoms with E-state index in [-0.39, 0.29) is 5.91 Å². The molecule has 2 aromatic rings. The standard InChI is InChI=1S/C24H32N6O/c1-2-25-24(29-16-14-28(15-17-29)22-10-5-6-12-26-22)27-13-7-11-23(31)30-18-20-8-3-4-9-21(20)19-30/h3-6,8-10,12H,2,7,11,13-19H2,1H3,(H,25,27). The molecule has 3 heterocycles. The summed E-state index contributed by atoms with van der Waals surface area (Å²) in [5, 5.41) is 3.41. The van der Waals surface area contributed by atoms with Gasteiger partial charge in [-0.3, -0.25) is 9.79 Å². The van der Waals surface area contributed by atoms with Gasteiger partial charge in [0, 0.05) is 65.0 Å². The fourth-order valence-electron chi connectivity index (χ4n) is 4.20. The Hall–Kier alpha value is -3.09. The zero-order valence-corrected chi connectivity index (χ0v) is 18.3. The van der Waals surface area contributed by atoms with Gasteiger partial charge >= 0.3 is 0 Å². The van der Waals surface area contributed by atoms with Crippen molar-refractivity contribution < 1.29 is 4.79 Å². The maximum Gasteiger partial charge on any atom is 0.223 e. The molecule has 1 fully saturated rings. The largest absolute Gasteiger partial charge is 0.357 e. The van der Waals surface area contributed by atoms with Crippen LogP contribution in [0.3, 0.4) is 0 Å². The van der Waals surface area contributed by atoms with Crippen molar-refractivity contribution in [2.45, 2.75) is 32.9 Å². The van der Waals surface area contributed by atoms with Gasteiger partial charge in [0.2, 0.25) is 5.91 Å². The number of aromatic nitrogens is 1. The van der Waals surface area contributed by atoms with E-state index in [1.165, 1.54) is 11.1 Å². The molecular weight excluding hydrogens is 388 g/mol. The number of hydrogen-bond acceptors (Lipinski definition) is 4. The molecule has 4 rings (SSSR count). The molecule has 164 valence electrons. The summed E-state index contributed by atoms with van der Waals surface area (Å²) in [7, 11) is 0. The van der Waals surface area contributed by atoms with Gasteiger partial charge in [-0.25, -0.2) is 4.98 Å². The van der Waals surface area contributed by atoms with Gasteiger partial charge in [-0.1, -0.05) is 30.3 Å². The first-order valence-corrected chi connectivity index (χ1v) is 11.3. The zero-order valence-electron chi connectivity index (χ0n) is 18.3. The van der Waals surface area contributed by atoms with E-state index in [9.17, 15) is 4.79 Å². The van der Waals surface area contributed by atoms with E-state index in [4.69, 9.17) is 4.99 Å². The fraction of sp³-hybridized carbons (Fsp3) is 0.458. The molecule has 1 saturated heterocycles. The van der Waals surface area contributed by atoms with E-state index in [0.29, 0.717) is 13.0 Å². The maximum absolute atomic E-state index is 12.6. The minimum atomic E-state index is 0.223. The van der Waals surface area contributed by atoms with Crippen molar-refractivity contribution in [3.63, 3.8) is 0 Å². The quantitative estimate of drug-likeness (QED) is 0.442. The number of rotatable bonds is 6. The summed E-state index contributed by atoms with van der Waals surface area (Å²) in [6.07, 6.45) is 3.16. The number of piperazine rings is 1. The van der Waals surface area contributed by atoms with Crippen LogP contribution in [0, 0.1) is 0 Å². The highest BCUT2D eigenvalue weighted by molar-refractivity contribution is 5.80. The van der Waals surface area contributed by atoms with Gasteiger partial charge < -0.3 is 20.0 Å². The predicted molar refractivity (Wildman–Crippen MR) is 124 cm³/mol. The summed E-state index contributed by atoms with van der Waals surface area (Å²) >= 11 is 0. The second kappa shape index (κ2) is 10.3. The van der Waals surface area contributed by atoms with E-state index in [1.807, 2.05) is 35.4 Å². The number of pyridine rings is 1. The highest BCUT2D eigenvalue weighted by Gasteiger charge is 2.23. The van der Waals surface area contributed by atoms with Crippen LogP contribution in [0.4, 0.5) is 5.82 Å². The zero-order chi connectivity index (χ0) is 21.5. The van der Waals surface area contributed by atoms with Crippen LogP contribution >= 0.6 is 0 Å². The molecular formula is C24H32N6O. The van der Waals surface area contributed by atoms with Crippen LogP contribution in [0.15, 0.2) is 53.7 Å². The number of anilines is 1. The van der Waals surface area contributed by atoms with Crippen LogP contribution in [0.1, 0.15) is 30.9 Å². The van der Waals surface area contributed by atoms with Gasteiger partial charge in [0.25, 0.3) is 0 Å². The number of benzene rings is 1. The number of nitrogens with zero attached hydrogens (tertiary/aromatic N) is 5. The van der Waals surface area contributed by atoms with Crippen LogP contribution in [0.5, 0.6) is 0 Å². The number of hydrogen-bond donors (Lipinski definition) is 1. The minimum Gasteiger partial charge on any atom is -0.357 e. The van der Waals surface area contributed by atoms with E-state index in [0.717, 1.165) is 64.0 Å². The van der Waals surface area contributed by atoms with Crippen molar-refractivity contribution in [3.8, 4) is 0 Å². The van der Waals surface area contributed by atoms with Crippen molar-refractivity contribution in [1.29, 1.82) is 0 Å². The molecule has 2 aliphatic rings. The SMILES string of the molecule is CCNC(=NCCCC(=O)N1Cc2ccccc2C1)N1CCN(c2ccccn2)CC1. The third kappa shape index (κ3) is 5.34. The fourth-order valence-corrected chi connectivity index (χ4v) is 4.20. The Morgan fingerprint density at radius 2 is 1.71 bits per heavy atom. The van der Waals surface area contributed by atoms with E-state index in [2.05, 4.69) is 45.2 Å². The molecule has 2 aliphatic heterocycles. The molecule has 0 bridgehead atoms. The lowest BCUT2D eigenvalue weighted by atomic mass is 10.1. The summed E-state index contributed by atoms with van der Waals surface area (Å²) in [6, 6.07) is 14.3. The van der Waals surface area contributed by atoms with Gasteiger partial charge in [-0.05, 0) is 36.6 Å². The third-order valence-electron chi connectivity index (χ3n) is 5.89. The van der Waals surface area contributed by atoms with Gasteiger partial charge in [-0.2, -0.15) is 0 Å². The Morgan fingerprint density at radius 1 is 1.00 bits per heavy atom. The summed E-state index contributed by atoms with van der Waals surface area (Å²) < 4.78 is 0. The molecule has 0 aliphatic carbocycles. The summed E-state index contributed by atoms with van der Waals surface area (Å²) in [4.78, 5) is 28.4. The second-order valence-corrected chi connectivity index (χ2v) is 8.02. The molecule has 31 heavy (non-hydrogen) atoms. The maximum atomic E-state index is 12.6. The first-order chi connectivity index (χ1) is 15.2. The smallest absolute Gasteiger partial charge is 0.223 e. The number of carbonyl (C=O) groups excluding carboxylic acids is 1. The lowest BCUT2D eigenvalue weighted by molar-refractivity contribution is -0.131. The number of amides is 1. The number of nitrogens with one attached hydrogen (secondary N) is 1. The Balaban J connectivity index is 1.23. The molecule has 0 radical (unpaired) electrons. The first-order valence-electron chi connectivity index (χ1n) is 11.3. The first kappa shape index (κ1) is 21.2. The Kier molecular flexibility index (Phi) is 7.02. The van der Waals surface area contributed by atoms with Crippen LogP contribution in [-0.2, 0) is 17.9 Å². The molecule has 1 N–H and O–H groups in total. The molecule has 0 saturated carbocycles. The van der Waals surface area contributed by atoms with Crippen LogP contribution in [0.25, 0.3) is 0 Å². The minimum absolute atomic E-state index is 0.223. The summed E-state index contributed by atoms with van der Waals surface area (Å²) in [5.41, 5.74) is 2.54. The topological polar surface area (TPSA) is 64.1 Å². The molecule has 1 aromatic carbocycles.